The van der Waals surface area contributed by atoms with Crippen molar-refractivity contribution in [1.82, 2.24) is 15.0 Å². The number of carbonyl (C=O) groups is 1. The summed E-state index contributed by atoms with van der Waals surface area (Å²) in [5.41, 5.74) is 3.20. The molecular weight excluding hydrogens is 468 g/mol. The average Bonchev–Trinajstić information content (AvgIpc) is 2.85. The molecule has 3 aromatic heterocycles. The molecule has 36 heavy (non-hydrogen) atoms. The van der Waals surface area contributed by atoms with Crippen LogP contribution in [0.2, 0.25) is 0 Å². The Morgan fingerprint density at radius 3 is 2.58 bits per heavy atom. The van der Waals surface area contributed by atoms with E-state index in [2.05, 4.69) is 25.2 Å². The molecule has 8 nitrogen and oxygen atoms in total. The molecule has 1 aliphatic heterocycles. The highest BCUT2D eigenvalue weighted by molar-refractivity contribution is 6.03. The summed E-state index contributed by atoms with van der Waals surface area (Å²) in [5.74, 6) is -3.14. The maximum atomic E-state index is 13.7. The van der Waals surface area contributed by atoms with Gasteiger partial charge in [-0.3, -0.25) is 14.8 Å². The van der Waals surface area contributed by atoms with Crippen molar-refractivity contribution in [1.29, 1.82) is 0 Å². The van der Waals surface area contributed by atoms with Gasteiger partial charge in [0.1, 0.15) is 11.4 Å². The van der Waals surface area contributed by atoms with E-state index in [4.69, 9.17) is 9.47 Å². The molecule has 0 radical (unpaired) electrons. The van der Waals surface area contributed by atoms with Crippen molar-refractivity contribution in [2.45, 2.75) is 39.7 Å². The summed E-state index contributed by atoms with van der Waals surface area (Å²) >= 11 is 0. The number of anilines is 2. The predicted octanol–water partition coefficient (Wildman–Crippen LogP) is 4.83. The van der Waals surface area contributed by atoms with Gasteiger partial charge in [-0.2, -0.15) is 0 Å². The monoisotopic (exact) mass is 497 g/mol. The quantitative estimate of drug-likeness (QED) is 0.500. The molecule has 0 atom stereocenters. The number of carbonyl (C=O) groups excluding carboxylic acids is 1. The smallest absolute Gasteiger partial charge is 0.274 e. The third-order valence-electron chi connectivity index (χ3n) is 5.69. The number of hydrogen-bond acceptors (Lipinski definition) is 7. The van der Waals surface area contributed by atoms with Crippen LogP contribution < -0.4 is 15.0 Å². The lowest BCUT2D eigenvalue weighted by Crippen LogP contribution is -2.36. The average molecular weight is 498 g/mol. The number of pyridine rings is 3. The lowest BCUT2D eigenvalue weighted by Gasteiger charge is -2.30. The Balaban J connectivity index is 1.64. The molecule has 1 saturated heterocycles. The van der Waals surface area contributed by atoms with Crippen molar-refractivity contribution in [2.75, 3.05) is 36.5 Å². The minimum Gasteiger partial charge on any atom is -0.473 e. The predicted molar refractivity (Wildman–Crippen MR) is 133 cm³/mol. The first-order valence-corrected chi connectivity index (χ1v) is 11.7. The largest absolute Gasteiger partial charge is 0.473 e. The van der Waals surface area contributed by atoms with Crippen LogP contribution in [0.3, 0.4) is 0 Å². The molecule has 0 spiro atoms. The van der Waals surface area contributed by atoms with Gasteiger partial charge >= 0.3 is 0 Å². The summed E-state index contributed by atoms with van der Waals surface area (Å²) in [7, 11) is 0. The number of morpholine rings is 1. The number of nitrogens with one attached hydrogen (secondary N) is 1. The lowest BCUT2D eigenvalue weighted by atomic mass is 10.0. The number of aryl methyl sites for hydroxylation is 1. The normalized spacial score (nSPS) is 14.1. The molecule has 0 aliphatic carbocycles. The van der Waals surface area contributed by atoms with Crippen molar-refractivity contribution in [3.05, 3.63) is 59.8 Å². The maximum absolute atomic E-state index is 13.7. The Kier molecular flexibility index (Phi) is 7.44. The number of hydrogen-bond donors (Lipinski definition) is 1. The van der Waals surface area contributed by atoms with Crippen molar-refractivity contribution in [3.63, 3.8) is 0 Å². The van der Waals surface area contributed by atoms with E-state index in [0.717, 1.165) is 48.6 Å². The zero-order valence-corrected chi connectivity index (χ0v) is 20.7. The van der Waals surface area contributed by atoms with E-state index < -0.39 is 11.8 Å². The number of halogens is 2. The number of rotatable bonds is 7. The van der Waals surface area contributed by atoms with Gasteiger partial charge in [0.05, 0.1) is 31.2 Å². The van der Waals surface area contributed by atoms with Gasteiger partial charge in [-0.25, -0.2) is 13.8 Å². The van der Waals surface area contributed by atoms with E-state index in [1.54, 1.807) is 12.3 Å². The van der Waals surface area contributed by atoms with Gasteiger partial charge < -0.3 is 19.7 Å². The zero-order chi connectivity index (χ0) is 25.9. The fraction of sp³-hybridized carbons (Fsp3) is 0.385. The highest BCUT2D eigenvalue weighted by Crippen LogP contribution is 2.34. The fourth-order valence-corrected chi connectivity index (χ4v) is 3.85. The molecule has 4 rings (SSSR count). The molecule has 190 valence electrons. The molecule has 0 unspecified atom stereocenters. The minimum absolute atomic E-state index is 0.0372. The van der Waals surface area contributed by atoms with Gasteiger partial charge in [0.15, 0.2) is 0 Å². The minimum atomic E-state index is -3.08. The molecule has 1 amide bonds. The highest BCUT2D eigenvalue weighted by atomic mass is 19.3. The lowest BCUT2D eigenvalue weighted by molar-refractivity contribution is 0.0173. The fourth-order valence-electron chi connectivity index (χ4n) is 3.85. The van der Waals surface area contributed by atoms with Crippen LogP contribution in [0, 0.1) is 6.92 Å². The Labute approximate surface area is 208 Å². The molecule has 0 saturated carbocycles. The Bertz CT molecular complexity index is 1240. The van der Waals surface area contributed by atoms with Gasteiger partial charge in [-0.15, -0.1) is 0 Å². The van der Waals surface area contributed by atoms with Gasteiger partial charge in [-0.05, 0) is 45.0 Å². The second-order valence-corrected chi connectivity index (χ2v) is 8.94. The molecular formula is C26H29F2N5O3. The molecule has 1 fully saturated rings. The van der Waals surface area contributed by atoms with Crippen molar-refractivity contribution in [3.8, 4) is 17.0 Å². The van der Waals surface area contributed by atoms with E-state index >= 15 is 0 Å². The maximum Gasteiger partial charge on any atom is 0.274 e. The van der Waals surface area contributed by atoms with E-state index in [-0.39, 0.29) is 17.4 Å². The van der Waals surface area contributed by atoms with Gasteiger partial charge in [0.2, 0.25) is 5.88 Å². The Hall–Kier alpha value is -3.66. The SMILES string of the molecule is Cc1ncc(NC(=O)c2cc(C(C)(F)F)ccn2)cc1-c1cnc(OC(C)C)c(N2CCOCC2)c1. The number of ether oxygens (including phenoxy) is 2. The summed E-state index contributed by atoms with van der Waals surface area (Å²) < 4.78 is 38.8. The summed E-state index contributed by atoms with van der Waals surface area (Å²) in [6.45, 7) is 9.21. The number of nitrogens with zero attached hydrogens (tertiary/aromatic N) is 4. The van der Waals surface area contributed by atoms with Gasteiger partial charge in [-0.1, -0.05) is 0 Å². The van der Waals surface area contributed by atoms with Crippen LogP contribution in [0.1, 0.15) is 42.5 Å². The Morgan fingerprint density at radius 2 is 1.89 bits per heavy atom. The molecule has 1 aliphatic rings. The highest BCUT2D eigenvalue weighted by Gasteiger charge is 2.26. The molecule has 10 heteroatoms. The van der Waals surface area contributed by atoms with Crippen LogP contribution in [-0.4, -0.2) is 53.3 Å². The second kappa shape index (κ2) is 10.5. The van der Waals surface area contributed by atoms with Gasteiger partial charge in [0, 0.05) is 54.8 Å². The summed E-state index contributed by atoms with van der Waals surface area (Å²) in [6.07, 6.45) is 4.39. The van der Waals surface area contributed by atoms with Crippen molar-refractivity contribution < 1.29 is 23.0 Å². The van der Waals surface area contributed by atoms with E-state index in [1.165, 1.54) is 18.5 Å². The number of aromatic nitrogens is 3. The van der Waals surface area contributed by atoms with Crippen LogP contribution in [0.5, 0.6) is 5.88 Å². The number of alkyl halides is 2. The summed E-state index contributed by atoms with van der Waals surface area (Å²) in [5, 5.41) is 2.71. The number of amides is 1. The molecule has 0 bridgehead atoms. The molecule has 1 N–H and O–H groups in total. The molecule has 3 aromatic rings. The van der Waals surface area contributed by atoms with Crippen LogP contribution in [0.15, 0.2) is 42.9 Å². The van der Waals surface area contributed by atoms with Crippen molar-refractivity contribution in [2.24, 2.45) is 0 Å². The summed E-state index contributed by atoms with van der Waals surface area (Å²) in [6, 6.07) is 6.06. The van der Waals surface area contributed by atoms with E-state index in [9.17, 15) is 13.6 Å². The van der Waals surface area contributed by atoms with Gasteiger partial charge in [0.25, 0.3) is 11.8 Å². The Morgan fingerprint density at radius 1 is 1.14 bits per heavy atom. The van der Waals surface area contributed by atoms with Crippen LogP contribution in [0.4, 0.5) is 20.2 Å². The van der Waals surface area contributed by atoms with Crippen molar-refractivity contribution >= 4 is 17.3 Å². The van der Waals surface area contributed by atoms with Crippen LogP contribution in [-0.2, 0) is 10.7 Å². The topological polar surface area (TPSA) is 89.5 Å². The molecule has 0 aromatic carbocycles. The van der Waals surface area contributed by atoms with Crippen LogP contribution >= 0.6 is 0 Å². The summed E-state index contributed by atoms with van der Waals surface area (Å²) in [4.78, 5) is 27.9. The van der Waals surface area contributed by atoms with E-state index in [1.807, 2.05) is 26.8 Å². The third-order valence-corrected chi connectivity index (χ3v) is 5.69. The first kappa shape index (κ1) is 25.4. The molecule has 4 heterocycles. The standard InChI is InChI=1S/C26H29F2N5O3/c1-16(2)36-25-23(33-7-9-35-10-8-33)11-18(14-31-25)21-13-20(15-30-17(21)3)32-24(34)22-12-19(5-6-29-22)26(4,27)28/h5-6,11-16H,7-10H2,1-4H3,(H,32,34). The second-order valence-electron chi connectivity index (χ2n) is 8.94. The van der Waals surface area contributed by atoms with Crippen LogP contribution in [0.25, 0.3) is 11.1 Å². The third kappa shape index (κ3) is 5.93. The van der Waals surface area contributed by atoms with E-state index in [0.29, 0.717) is 24.8 Å². The first-order chi connectivity index (χ1) is 17.1. The zero-order valence-electron chi connectivity index (χ0n) is 20.7. The first-order valence-electron chi connectivity index (χ1n) is 11.7.